The number of nitrogens with zero attached hydrogens (tertiary/aromatic N) is 2. The van der Waals surface area contributed by atoms with E-state index in [0.29, 0.717) is 5.92 Å². The molecule has 1 aliphatic carbocycles. The van der Waals surface area contributed by atoms with Crippen LogP contribution in [0.5, 0.6) is 5.75 Å². The van der Waals surface area contributed by atoms with E-state index in [9.17, 15) is 0 Å². The Morgan fingerprint density at radius 1 is 1.24 bits per heavy atom. The number of hydrogen-bond acceptors (Lipinski definition) is 3. The molecule has 4 nitrogen and oxygen atoms in total. The molecule has 2 aromatic rings. The smallest absolute Gasteiger partial charge is 0.166 e. The minimum atomic E-state index is 0.00685. The molecule has 0 spiro atoms. The van der Waals surface area contributed by atoms with Gasteiger partial charge in [0.05, 0.1) is 0 Å². The second-order valence-electron chi connectivity index (χ2n) is 4.77. The van der Waals surface area contributed by atoms with Crippen LogP contribution in [0.1, 0.15) is 42.1 Å². The van der Waals surface area contributed by atoms with Gasteiger partial charge in [0.2, 0.25) is 0 Å². The molecule has 17 heavy (non-hydrogen) atoms. The first kappa shape index (κ1) is 9.22. The third-order valence-corrected chi connectivity index (χ3v) is 3.41. The lowest BCUT2D eigenvalue weighted by Crippen LogP contribution is -2.05. The van der Waals surface area contributed by atoms with Crippen molar-refractivity contribution in [2.24, 2.45) is 0 Å². The van der Waals surface area contributed by atoms with Gasteiger partial charge in [-0.05, 0) is 24.5 Å². The molecule has 1 aromatic heterocycles. The monoisotopic (exact) mass is 227 g/mol. The summed E-state index contributed by atoms with van der Waals surface area (Å²) in [5.41, 5.74) is 1.25. The van der Waals surface area contributed by atoms with Crippen molar-refractivity contribution in [3.63, 3.8) is 0 Å². The van der Waals surface area contributed by atoms with Gasteiger partial charge in [-0.3, -0.25) is 5.10 Å². The van der Waals surface area contributed by atoms with Gasteiger partial charge in [-0.1, -0.05) is 18.2 Å². The highest BCUT2D eigenvalue weighted by molar-refractivity contribution is 5.38. The Labute approximate surface area is 99.0 Å². The Morgan fingerprint density at radius 3 is 2.94 bits per heavy atom. The molecular formula is C13H13N3O. The highest BCUT2D eigenvalue weighted by Gasteiger charge is 2.31. The summed E-state index contributed by atoms with van der Waals surface area (Å²) in [5, 5.41) is 7.29. The standard InChI is InChI=1S/C13H13N3O/c1-2-4-10-9(3-1)7-11(17-10)13-14-12(15-16-13)8-5-6-8/h1-4,8,11H,5-7H2,(H,14,15,16). The fourth-order valence-electron chi connectivity index (χ4n) is 2.29. The van der Waals surface area contributed by atoms with Crippen LogP contribution in [0, 0.1) is 0 Å². The molecule has 0 bridgehead atoms. The summed E-state index contributed by atoms with van der Waals surface area (Å²) in [6.07, 6.45) is 3.34. The molecule has 1 unspecified atom stereocenters. The molecule has 0 amide bonds. The molecule has 1 saturated carbocycles. The Balaban J connectivity index is 1.60. The molecule has 1 aromatic carbocycles. The summed E-state index contributed by atoms with van der Waals surface area (Å²) in [5.74, 6) is 3.38. The van der Waals surface area contributed by atoms with Crippen molar-refractivity contribution in [2.75, 3.05) is 0 Å². The van der Waals surface area contributed by atoms with Crippen molar-refractivity contribution < 1.29 is 4.74 Å². The van der Waals surface area contributed by atoms with Crippen molar-refractivity contribution in [3.05, 3.63) is 41.5 Å². The molecule has 2 heterocycles. The number of para-hydroxylation sites is 1. The van der Waals surface area contributed by atoms with Crippen molar-refractivity contribution in [2.45, 2.75) is 31.3 Å². The van der Waals surface area contributed by atoms with E-state index in [-0.39, 0.29) is 6.10 Å². The first-order valence-corrected chi connectivity index (χ1v) is 6.07. The maximum Gasteiger partial charge on any atom is 0.166 e. The van der Waals surface area contributed by atoms with Crippen molar-refractivity contribution in [1.82, 2.24) is 15.2 Å². The first-order valence-electron chi connectivity index (χ1n) is 6.07. The quantitative estimate of drug-likeness (QED) is 0.856. The molecule has 4 heteroatoms. The maximum absolute atomic E-state index is 5.87. The van der Waals surface area contributed by atoms with Gasteiger partial charge in [0.15, 0.2) is 17.8 Å². The van der Waals surface area contributed by atoms with Crippen LogP contribution < -0.4 is 4.74 Å². The molecule has 1 N–H and O–H groups in total. The van der Waals surface area contributed by atoms with Crippen LogP contribution in [0.25, 0.3) is 0 Å². The topological polar surface area (TPSA) is 50.8 Å². The van der Waals surface area contributed by atoms with Crippen LogP contribution in [-0.4, -0.2) is 15.2 Å². The first-order chi connectivity index (χ1) is 8.40. The van der Waals surface area contributed by atoms with E-state index >= 15 is 0 Å². The van der Waals surface area contributed by atoms with Gasteiger partial charge in [-0.2, -0.15) is 5.10 Å². The van der Waals surface area contributed by atoms with Crippen molar-refractivity contribution in [1.29, 1.82) is 0 Å². The minimum absolute atomic E-state index is 0.00685. The Morgan fingerprint density at radius 2 is 2.12 bits per heavy atom. The van der Waals surface area contributed by atoms with Gasteiger partial charge in [-0.25, -0.2) is 4.98 Å². The number of benzene rings is 1. The lowest BCUT2D eigenvalue weighted by atomic mass is 10.1. The lowest BCUT2D eigenvalue weighted by molar-refractivity contribution is 0.228. The average Bonchev–Trinajstić information content (AvgIpc) is 2.94. The van der Waals surface area contributed by atoms with E-state index in [1.807, 2.05) is 18.2 Å². The number of H-pyrrole nitrogens is 1. The fourth-order valence-corrected chi connectivity index (χ4v) is 2.29. The molecule has 0 radical (unpaired) electrons. The predicted octanol–water partition coefficient (Wildman–Crippen LogP) is 2.36. The number of hydrogen-bond donors (Lipinski definition) is 1. The highest BCUT2D eigenvalue weighted by Crippen LogP contribution is 2.39. The van der Waals surface area contributed by atoms with Crippen LogP contribution in [0.4, 0.5) is 0 Å². The third kappa shape index (κ3) is 1.52. The van der Waals surface area contributed by atoms with Crippen molar-refractivity contribution in [3.8, 4) is 5.75 Å². The summed E-state index contributed by atoms with van der Waals surface area (Å²) in [7, 11) is 0. The fraction of sp³-hybridized carbons (Fsp3) is 0.385. The second-order valence-corrected chi connectivity index (χ2v) is 4.77. The van der Waals surface area contributed by atoms with E-state index in [0.717, 1.165) is 23.8 Å². The summed E-state index contributed by atoms with van der Waals surface area (Å²) in [6, 6.07) is 8.15. The summed E-state index contributed by atoms with van der Waals surface area (Å²) >= 11 is 0. The van der Waals surface area contributed by atoms with Gasteiger partial charge in [0.25, 0.3) is 0 Å². The molecular weight excluding hydrogens is 214 g/mol. The zero-order chi connectivity index (χ0) is 11.2. The molecule has 86 valence electrons. The number of aromatic nitrogens is 3. The van der Waals surface area contributed by atoms with Gasteiger partial charge in [0.1, 0.15) is 5.75 Å². The molecule has 1 fully saturated rings. The van der Waals surface area contributed by atoms with E-state index in [2.05, 4.69) is 21.2 Å². The lowest BCUT2D eigenvalue weighted by Gasteiger charge is -2.05. The number of nitrogens with one attached hydrogen (secondary N) is 1. The van der Waals surface area contributed by atoms with E-state index in [1.165, 1.54) is 18.4 Å². The van der Waals surface area contributed by atoms with Crippen LogP contribution in [0.15, 0.2) is 24.3 Å². The molecule has 2 aliphatic rings. The Kier molecular flexibility index (Phi) is 1.80. The molecule has 1 atom stereocenters. The number of ether oxygens (including phenoxy) is 1. The van der Waals surface area contributed by atoms with E-state index < -0.39 is 0 Å². The van der Waals surface area contributed by atoms with Crippen LogP contribution in [0.2, 0.25) is 0 Å². The number of fused-ring (bicyclic) bond motifs is 1. The Hall–Kier alpha value is -1.84. The SMILES string of the molecule is c1ccc2c(c1)CC(c1nc(C3CC3)n[nH]1)O2. The second kappa shape index (κ2) is 3.32. The van der Waals surface area contributed by atoms with Gasteiger partial charge in [0, 0.05) is 12.3 Å². The number of aromatic amines is 1. The van der Waals surface area contributed by atoms with E-state index in [1.54, 1.807) is 0 Å². The molecule has 4 rings (SSSR count). The van der Waals surface area contributed by atoms with Crippen LogP contribution in [-0.2, 0) is 6.42 Å². The van der Waals surface area contributed by atoms with Gasteiger partial charge < -0.3 is 4.74 Å². The zero-order valence-corrected chi connectivity index (χ0v) is 9.39. The van der Waals surface area contributed by atoms with Gasteiger partial charge in [-0.15, -0.1) is 0 Å². The third-order valence-electron chi connectivity index (χ3n) is 3.41. The van der Waals surface area contributed by atoms with Gasteiger partial charge >= 0.3 is 0 Å². The number of rotatable bonds is 2. The maximum atomic E-state index is 5.87. The minimum Gasteiger partial charge on any atom is -0.482 e. The highest BCUT2D eigenvalue weighted by atomic mass is 16.5. The zero-order valence-electron chi connectivity index (χ0n) is 9.39. The van der Waals surface area contributed by atoms with Crippen LogP contribution in [0.3, 0.4) is 0 Å². The predicted molar refractivity (Wildman–Crippen MR) is 61.9 cm³/mol. The largest absolute Gasteiger partial charge is 0.482 e. The Bertz CT molecular complexity index is 534. The van der Waals surface area contributed by atoms with E-state index in [4.69, 9.17) is 4.74 Å². The molecule has 0 saturated heterocycles. The summed E-state index contributed by atoms with van der Waals surface area (Å²) < 4.78 is 5.87. The molecule has 1 aliphatic heterocycles. The average molecular weight is 227 g/mol. The summed E-state index contributed by atoms with van der Waals surface area (Å²) in [6.45, 7) is 0. The van der Waals surface area contributed by atoms with Crippen molar-refractivity contribution >= 4 is 0 Å². The van der Waals surface area contributed by atoms with Crippen LogP contribution >= 0.6 is 0 Å². The summed E-state index contributed by atoms with van der Waals surface area (Å²) in [4.78, 5) is 4.55. The normalized spacial score (nSPS) is 22.2.